The van der Waals surface area contributed by atoms with Gasteiger partial charge in [0, 0.05) is 17.4 Å². The molecular formula is C23H28BrNO5S. The summed E-state index contributed by atoms with van der Waals surface area (Å²) in [5.41, 5.74) is 0.562. The van der Waals surface area contributed by atoms with Crippen molar-refractivity contribution in [2.24, 2.45) is 0 Å². The van der Waals surface area contributed by atoms with Gasteiger partial charge in [0.05, 0.1) is 4.90 Å². The maximum Gasteiger partial charge on any atom is 0.325 e. The van der Waals surface area contributed by atoms with E-state index >= 15 is 0 Å². The summed E-state index contributed by atoms with van der Waals surface area (Å²) in [6.07, 6.45) is 3.46. The summed E-state index contributed by atoms with van der Waals surface area (Å²) in [5, 5.41) is 9.95. The molecule has 0 amide bonds. The molecule has 2 aromatic rings. The van der Waals surface area contributed by atoms with Crippen molar-refractivity contribution in [3.05, 3.63) is 58.6 Å². The third-order valence-corrected chi connectivity index (χ3v) is 8.71. The fraction of sp³-hybridized carbons (Fsp3) is 0.435. The summed E-state index contributed by atoms with van der Waals surface area (Å²) in [5.74, 6) is -0.864. The molecule has 2 aromatic carbocycles. The molecule has 31 heavy (non-hydrogen) atoms. The molecule has 0 aromatic heterocycles. The second-order valence-corrected chi connectivity index (χ2v) is 11.3. The van der Waals surface area contributed by atoms with Gasteiger partial charge in [0.1, 0.15) is 12.4 Å². The van der Waals surface area contributed by atoms with Crippen LogP contribution in [0.4, 0.5) is 0 Å². The van der Waals surface area contributed by atoms with Crippen LogP contribution in [0.15, 0.2) is 57.9 Å². The van der Waals surface area contributed by atoms with Gasteiger partial charge in [-0.3, -0.25) is 9.69 Å². The summed E-state index contributed by atoms with van der Waals surface area (Å²) >= 11 is 3.28. The summed E-state index contributed by atoms with van der Waals surface area (Å²) in [7, 11) is -4.15. The van der Waals surface area contributed by atoms with Crippen molar-refractivity contribution in [1.29, 1.82) is 0 Å². The van der Waals surface area contributed by atoms with Crippen LogP contribution < -0.4 is 4.74 Å². The molecule has 3 rings (SSSR count). The first kappa shape index (κ1) is 23.8. The van der Waals surface area contributed by atoms with E-state index in [1.54, 1.807) is 36.4 Å². The number of ether oxygens (including phenoxy) is 1. The van der Waals surface area contributed by atoms with Crippen molar-refractivity contribution in [1.82, 2.24) is 4.90 Å². The molecule has 0 bridgehead atoms. The quantitative estimate of drug-likeness (QED) is 0.545. The zero-order chi connectivity index (χ0) is 22.5. The standard InChI is InChI=1S/C23H28BrNO5S/c1-23(22(26)27,31(28,29)20-11-9-19(24)10-12-20)17-18-7-3-4-8-21(18)30-16-15-25-13-5-2-6-14-25/h3-4,7-12H,2,5-6,13-17H2,1H3,(H,26,27). The fourth-order valence-electron chi connectivity index (χ4n) is 3.78. The SMILES string of the molecule is CC(Cc1ccccc1OCCN1CCCCC1)(C(=O)O)S(=O)(=O)c1ccc(Br)cc1. The molecule has 0 spiro atoms. The zero-order valence-corrected chi connectivity index (χ0v) is 20.0. The number of rotatable bonds is 9. The Labute approximate surface area is 192 Å². The third-order valence-electron chi connectivity index (χ3n) is 5.78. The molecule has 168 valence electrons. The maximum absolute atomic E-state index is 13.3. The Hall–Kier alpha value is -1.90. The highest BCUT2D eigenvalue weighted by Crippen LogP contribution is 2.33. The lowest BCUT2D eigenvalue weighted by Gasteiger charge is -2.27. The summed E-state index contributed by atoms with van der Waals surface area (Å²) in [4.78, 5) is 14.5. The van der Waals surface area contributed by atoms with Crippen LogP contribution in [0.25, 0.3) is 0 Å². The number of hydrogen-bond acceptors (Lipinski definition) is 5. The number of carbonyl (C=O) groups is 1. The van der Waals surface area contributed by atoms with E-state index in [1.165, 1.54) is 38.3 Å². The van der Waals surface area contributed by atoms with Crippen LogP contribution in [-0.4, -0.2) is 55.4 Å². The molecule has 1 saturated heterocycles. The molecule has 1 N–H and O–H groups in total. The van der Waals surface area contributed by atoms with Crippen molar-refractivity contribution < 1.29 is 23.1 Å². The van der Waals surface area contributed by atoms with Gasteiger partial charge in [-0.05, 0) is 68.8 Å². The number of nitrogens with zero attached hydrogens (tertiary/aromatic N) is 1. The Morgan fingerprint density at radius 3 is 2.39 bits per heavy atom. The minimum atomic E-state index is -4.15. The van der Waals surface area contributed by atoms with Crippen LogP contribution in [0, 0.1) is 0 Å². The van der Waals surface area contributed by atoms with E-state index in [2.05, 4.69) is 20.8 Å². The Morgan fingerprint density at radius 2 is 1.74 bits per heavy atom. The average molecular weight is 510 g/mol. The van der Waals surface area contributed by atoms with E-state index in [-0.39, 0.29) is 11.3 Å². The number of sulfone groups is 1. The van der Waals surface area contributed by atoms with Gasteiger partial charge in [-0.1, -0.05) is 40.5 Å². The molecule has 1 unspecified atom stereocenters. The van der Waals surface area contributed by atoms with Gasteiger partial charge in [0.15, 0.2) is 14.6 Å². The lowest BCUT2D eigenvalue weighted by molar-refractivity contribution is -0.139. The minimum absolute atomic E-state index is 0.0240. The number of piperidine rings is 1. The predicted molar refractivity (Wildman–Crippen MR) is 123 cm³/mol. The van der Waals surface area contributed by atoms with Crippen LogP contribution in [-0.2, 0) is 21.1 Å². The smallest absolute Gasteiger partial charge is 0.325 e. The summed E-state index contributed by atoms with van der Waals surface area (Å²) in [6, 6.07) is 13.1. The van der Waals surface area contributed by atoms with Gasteiger partial charge < -0.3 is 9.84 Å². The first-order chi connectivity index (χ1) is 14.7. The van der Waals surface area contributed by atoms with Gasteiger partial charge in [0.2, 0.25) is 0 Å². The first-order valence-corrected chi connectivity index (χ1v) is 12.7. The van der Waals surface area contributed by atoms with Crippen molar-refractivity contribution in [3.63, 3.8) is 0 Å². The second kappa shape index (κ2) is 10.1. The van der Waals surface area contributed by atoms with Crippen LogP contribution in [0.5, 0.6) is 5.75 Å². The Bertz CT molecular complexity index is 1000. The number of para-hydroxylation sites is 1. The van der Waals surface area contributed by atoms with E-state index in [1.807, 2.05) is 0 Å². The van der Waals surface area contributed by atoms with Crippen molar-refractivity contribution in [2.75, 3.05) is 26.2 Å². The number of aliphatic carboxylic acids is 1. The van der Waals surface area contributed by atoms with E-state index in [4.69, 9.17) is 4.74 Å². The summed E-state index contributed by atoms with van der Waals surface area (Å²) in [6.45, 7) is 4.65. The molecule has 0 saturated carbocycles. The van der Waals surface area contributed by atoms with Gasteiger partial charge in [-0.25, -0.2) is 8.42 Å². The van der Waals surface area contributed by atoms with Gasteiger partial charge in [-0.2, -0.15) is 0 Å². The first-order valence-electron chi connectivity index (χ1n) is 10.4. The Kier molecular flexibility index (Phi) is 7.78. The topological polar surface area (TPSA) is 83.9 Å². The molecule has 1 heterocycles. The van der Waals surface area contributed by atoms with Crippen LogP contribution in [0.1, 0.15) is 31.7 Å². The van der Waals surface area contributed by atoms with Gasteiger partial charge in [-0.15, -0.1) is 0 Å². The Morgan fingerprint density at radius 1 is 1.10 bits per heavy atom. The highest BCUT2D eigenvalue weighted by molar-refractivity contribution is 9.10. The van der Waals surface area contributed by atoms with Crippen molar-refractivity contribution >= 4 is 31.7 Å². The minimum Gasteiger partial charge on any atom is -0.492 e. The highest BCUT2D eigenvalue weighted by Gasteiger charge is 2.48. The van der Waals surface area contributed by atoms with E-state index in [0.29, 0.717) is 17.9 Å². The van der Waals surface area contributed by atoms with Crippen LogP contribution in [0.2, 0.25) is 0 Å². The van der Waals surface area contributed by atoms with E-state index in [9.17, 15) is 18.3 Å². The van der Waals surface area contributed by atoms with Gasteiger partial charge >= 0.3 is 5.97 Å². The zero-order valence-electron chi connectivity index (χ0n) is 17.6. The van der Waals surface area contributed by atoms with Gasteiger partial charge in [0.25, 0.3) is 0 Å². The summed E-state index contributed by atoms with van der Waals surface area (Å²) < 4.78 is 31.2. The second-order valence-electron chi connectivity index (χ2n) is 8.03. The monoisotopic (exact) mass is 509 g/mol. The van der Waals surface area contributed by atoms with E-state index in [0.717, 1.165) is 24.1 Å². The number of halogens is 1. The molecule has 1 atom stereocenters. The van der Waals surface area contributed by atoms with E-state index < -0.39 is 20.6 Å². The lowest BCUT2D eigenvalue weighted by Crippen LogP contribution is -2.45. The molecule has 1 aliphatic heterocycles. The molecule has 6 nitrogen and oxygen atoms in total. The number of likely N-dealkylation sites (tertiary alicyclic amines) is 1. The number of hydrogen-bond donors (Lipinski definition) is 1. The Balaban J connectivity index is 1.81. The highest BCUT2D eigenvalue weighted by atomic mass is 79.9. The fourth-order valence-corrected chi connectivity index (χ4v) is 5.64. The maximum atomic E-state index is 13.3. The lowest BCUT2D eigenvalue weighted by atomic mass is 9.99. The van der Waals surface area contributed by atoms with Crippen LogP contribution >= 0.6 is 15.9 Å². The largest absolute Gasteiger partial charge is 0.492 e. The average Bonchev–Trinajstić information content (AvgIpc) is 2.75. The van der Waals surface area contributed by atoms with Crippen molar-refractivity contribution in [2.45, 2.75) is 42.2 Å². The molecule has 0 radical (unpaired) electrons. The molecule has 8 heteroatoms. The molecule has 1 aliphatic rings. The molecule has 0 aliphatic carbocycles. The van der Waals surface area contributed by atoms with Crippen LogP contribution in [0.3, 0.4) is 0 Å². The predicted octanol–water partition coefficient (Wildman–Crippen LogP) is 4.17. The van der Waals surface area contributed by atoms with Crippen molar-refractivity contribution in [3.8, 4) is 5.75 Å². The number of benzene rings is 2. The molecule has 1 fully saturated rings. The molecular weight excluding hydrogens is 482 g/mol. The third kappa shape index (κ3) is 5.48. The normalized spacial score (nSPS) is 17.1. The number of carboxylic acid groups (broad SMARTS) is 1. The number of carboxylic acids is 1.